The summed E-state index contributed by atoms with van der Waals surface area (Å²) in [7, 11) is 0. The van der Waals surface area contributed by atoms with Crippen LogP contribution in [0.1, 0.15) is 53.6 Å². The number of hydrogen-bond donors (Lipinski definition) is 1. The molecule has 2 N–H and O–H groups in total. The lowest BCUT2D eigenvalue weighted by molar-refractivity contribution is 0.112. The summed E-state index contributed by atoms with van der Waals surface area (Å²) in [6.07, 6.45) is 6.96. The van der Waals surface area contributed by atoms with Gasteiger partial charge < -0.3 is 5.73 Å². The second-order valence-electron chi connectivity index (χ2n) is 5.25. The Hall–Kier alpha value is -1.15. The van der Waals surface area contributed by atoms with Gasteiger partial charge in [-0.2, -0.15) is 0 Å². The molecule has 1 fully saturated rings. The van der Waals surface area contributed by atoms with Gasteiger partial charge in [0, 0.05) is 17.5 Å². The fourth-order valence-electron chi connectivity index (χ4n) is 3.07. The molecule has 0 radical (unpaired) electrons. The van der Waals surface area contributed by atoms with Crippen molar-refractivity contribution in [1.29, 1.82) is 0 Å². The third kappa shape index (κ3) is 2.27. The molecule has 0 aromatic heterocycles. The molecule has 0 bridgehead atoms. The van der Waals surface area contributed by atoms with Gasteiger partial charge in [0.15, 0.2) is 0 Å². The monoisotopic (exact) mass is 231 g/mol. The molecule has 0 heterocycles. The fraction of sp³-hybridized carbons (Fsp3) is 0.533. The Bertz CT molecular complexity index is 405. The first kappa shape index (κ1) is 12.3. The summed E-state index contributed by atoms with van der Waals surface area (Å²) in [5.74, 6) is 0. The Balaban J connectivity index is 2.45. The van der Waals surface area contributed by atoms with E-state index in [-0.39, 0.29) is 5.41 Å². The Labute approximate surface area is 103 Å². The molecule has 17 heavy (non-hydrogen) atoms. The number of benzene rings is 1. The predicted molar refractivity (Wildman–Crippen MR) is 70.4 cm³/mol. The van der Waals surface area contributed by atoms with Gasteiger partial charge in [0.2, 0.25) is 0 Å². The number of aryl methyl sites for hydroxylation is 1. The molecule has 1 aromatic rings. The van der Waals surface area contributed by atoms with Crippen molar-refractivity contribution in [3.63, 3.8) is 0 Å². The van der Waals surface area contributed by atoms with Crippen molar-refractivity contribution in [2.75, 3.05) is 6.54 Å². The van der Waals surface area contributed by atoms with Crippen molar-refractivity contribution < 1.29 is 4.79 Å². The highest BCUT2D eigenvalue weighted by Gasteiger charge is 2.34. The van der Waals surface area contributed by atoms with Gasteiger partial charge in [0.25, 0.3) is 0 Å². The standard InChI is InChI=1S/C15H21NO/c1-12-5-6-14(13(9-12)10-17)15(11-16)7-3-2-4-8-15/h5-6,9-10H,2-4,7-8,11,16H2,1H3. The first-order valence-electron chi connectivity index (χ1n) is 6.48. The number of hydrogen-bond acceptors (Lipinski definition) is 2. The van der Waals surface area contributed by atoms with Crippen LogP contribution in [0.4, 0.5) is 0 Å². The van der Waals surface area contributed by atoms with E-state index in [9.17, 15) is 4.79 Å². The summed E-state index contributed by atoms with van der Waals surface area (Å²) in [4.78, 5) is 11.2. The van der Waals surface area contributed by atoms with Gasteiger partial charge in [-0.1, -0.05) is 37.0 Å². The Morgan fingerprint density at radius 3 is 2.59 bits per heavy atom. The molecule has 1 aliphatic rings. The van der Waals surface area contributed by atoms with Crippen LogP contribution in [0.2, 0.25) is 0 Å². The topological polar surface area (TPSA) is 43.1 Å². The fourth-order valence-corrected chi connectivity index (χ4v) is 3.07. The van der Waals surface area contributed by atoms with Gasteiger partial charge in [-0.15, -0.1) is 0 Å². The van der Waals surface area contributed by atoms with Gasteiger partial charge >= 0.3 is 0 Å². The molecular weight excluding hydrogens is 210 g/mol. The maximum absolute atomic E-state index is 11.2. The number of carbonyl (C=O) groups is 1. The van der Waals surface area contributed by atoms with Crippen LogP contribution in [0, 0.1) is 6.92 Å². The summed E-state index contributed by atoms with van der Waals surface area (Å²) in [6.45, 7) is 2.67. The van der Waals surface area contributed by atoms with Gasteiger partial charge in [0.05, 0.1) is 0 Å². The normalized spacial score (nSPS) is 18.9. The average Bonchev–Trinajstić information content (AvgIpc) is 2.39. The molecule has 0 atom stereocenters. The SMILES string of the molecule is Cc1ccc(C2(CN)CCCCC2)c(C=O)c1. The van der Waals surface area contributed by atoms with Crippen LogP contribution in [0.15, 0.2) is 18.2 Å². The molecule has 1 saturated carbocycles. The largest absolute Gasteiger partial charge is 0.330 e. The number of aldehydes is 1. The van der Waals surface area contributed by atoms with Crippen molar-refractivity contribution in [3.05, 3.63) is 34.9 Å². The summed E-state index contributed by atoms with van der Waals surface area (Å²) < 4.78 is 0. The van der Waals surface area contributed by atoms with E-state index in [0.29, 0.717) is 6.54 Å². The highest BCUT2D eigenvalue weighted by Crippen LogP contribution is 2.39. The van der Waals surface area contributed by atoms with Gasteiger partial charge in [-0.05, 0) is 31.4 Å². The van der Waals surface area contributed by atoms with E-state index in [4.69, 9.17) is 5.73 Å². The van der Waals surface area contributed by atoms with Crippen LogP contribution in [-0.4, -0.2) is 12.8 Å². The number of carbonyl (C=O) groups excluding carboxylic acids is 1. The zero-order valence-corrected chi connectivity index (χ0v) is 10.5. The summed E-state index contributed by atoms with van der Waals surface area (Å²) in [5.41, 5.74) is 9.20. The highest BCUT2D eigenvalue weighted by atomic mass is 16.1. The molecule has 2 nitrogen and oxygen atoms in total. The van der Waals surface area contributed by atoms with E-state index >= 15 is 0 Å². The van der Waals surface area contributed by atoms with E-state index in [2.05, 4.69) is 12.1 Å². The van der Waals surface area contributed by atoms with Crippen LogP contribution in [-0.2, 0) is 5.41 Å². The molecule has 1 aliphatic carbocycles. The molecule has 2 heteroatoms. The second kappa shape index (κ2) is 5.01. The summed E-state index contributed by atoms with van der Waals surface area (Å²) in [6, 6.07) is 6.18. The maximum Gasteiger partial charge on any atom is 0.150 e. The first-order chi connectivity index (χ1) is 8.22. The van der Waals surface area contributed by atoms with Crippen LogP contribution in [0.3, 0.4) is 0 Å². The van der Waals surface area contributed by atoms with E-state index < -0.39 is 0 Å². The number of nitrogens with two attached hydrogens (primary N) is 1. The summed E-state index contributed by atoms with van der Waals surface area (Å²) >= 11 is 0. The zero-order chi connectivity index (χ0) is 12.3. The van der Waals surface area contributed by atoms with Crippen LogP contribution < -0.4 is 5.73 Å². The van der Waals surface area contributed by atoms with Crippen molar-refractivity contribution in [2.45, 2.75) is 44.4 Å². The van der Waals surface area contributed by atoms with Crippen molar-refractivity contribution >= 4 is 6.29 Å². The Kier molecular flexibility index (Phi) is 3.63. The predicted octanol–water partition coefficient (Wildman–Crippen LogP) is 2.97. The van der Waals surface area contributed by atoms with Crippen LogP contribution in [0.5, 0.6) is 0 Å². The van der Waals surface area contributed by atoms with E-state index in [0.717, 1.165) is 30.3 Å². The maximum atomic E-state index is 11.2. The minimum atomic E-state index is 0.0438. The minimum absolute atomic E-state index is 0.0438. The minimum Gasteiger partial charge on any atom is -0.330 e. The van der Waals surface area contributed by atoms with Crippen molar-refractivity contribution in [1.82, 2.24) is 0 Å². The molecule has 0 unspecified atom stereocenters. The lowest BCUT2D eigenvalue weighted by Gasteiger charge is -2.37. The first-order valence-corrected chi connectivity index (χ1v) is 6.48. The Morgan fingerprint density at radius 2 is 2.00 bits per heavy atom. The van der Waals surface area contributed by atoms with Gasteiger partial charge in [-0.3, -0.25) is 4.79 Å². The number of rotatable bonds is 3. The van der Waals surface area contributed by atoms with Crippen molar-refractivity contribution in [3.8, 4) is 0 Å². The lowest BCUT2D eigenvalue weighted by Crippen LogP contribution is -2.38. The molecule has 0 amide bonds. The lowest BCUT2D eigenvalue weighted by atomic mass is 9.68. The molecule has 92 valence electrons. The quantitative estimate of drug-likeness (QED) is 0.813. The molecule has 2 rings (SSSR count). The van der Waals surface area contributed by atoms with E-state index in [1.165, 1.54) is 24.8 Å². The molecule has 0 saturated heterocycles. The third-order valence-electron chi connectivity index (χ3n) is 4.11. The Morgan fingerprint density at radius 1 is 1.29 bits per heavy atom. The zero-order valence-electron chi connectivity index (χ0n) is 10.5. The van der Waals surface area contributed by atoms with E-state index in [1.54, 1.807) is 0 Å². The summed E-state index contributed by atoms with van der Waals surface area (Å²) in [5, 5.41) is 0. The molecule has 0 aliphatic heterocycles. The second-order valence-corrected chi connectivity index (χ2v) is 5.25. The van der Waals surface area contributed by atoms with Crippen LogP contribution >= 0.6 is 0 Å². The molecular formula is C15H21NO. The molecule has 0 spiro atoms. The highest BCUT2D eigenvalue weighted by molar-refractivity contribution is 5.78. The third-order valence-corrected chi connectivity index (χ3v) is 4.11. The average molecular weight is 231 g/mol. The van der Waals surface area contributed by atoms with Gasteiger partial charge in [-0.25, -0.2) is 0 Å². The van der Waals surface area contributed by atoms with E-state index in [1.807, 2.05) is 13.0 Å². The smallest absolute Gasteiger partial charge is 0.150 e. The van der Waals surface area contributed by atoms with Crippen molar-refractivity contribution in [2.24, 2.45) is 5.73 Å². The van der Waals surface area contributed by atoms with Gasteiger partial charge in [0.1, 0.15) is 6.29 Å². The van der Waals surface area contributed by atoms with Crippen LogP contribution in [0.25, 0.3) is 0 Å². The molecule has 1 aromatic carbocycles.